The number of sulfonamides is 1. The van der Waals surface area contributed by atoms with Crippen LogP contribution in [-0.4, -0.2) is 42.5 Å². The molecule has 1 saturated heterocycles. The van der Waals surface area contributed by atoms with Crippen molar-refractivity contribution in [3.8, 4) is 6.07 Å². The van der Waals surface area contributed by atoms with Crippen LogP contribution < -0.4 is 5.32 Å². The van der Waals surface area contributed by atoms with Gasteiger partial charge in [0.2, 0.25) is 15.9 Å². The van der Waals surface area contributed by atoms with Crippen molar-refractivity contribution in [1.29, 1.82) is 5.26 Å². The molecular weight excluding hydrogens is 464 g/mol. The van der Waals surface area contributed by atoms with Gasteiger partial charge in [-0.1, -0.05) is 24.6 Å². The highest BCUT2D eigenvalue weighted by Crippen LogP contribution is 2.37. The predicted octanol–water partition coefficient (Wildman–Crippen LogP) is 4.19. The van der Waals surface area contributed by atoms with Crippen LogP contribution in [0.3, 0.4) is 0 Å². The number of nitrogens with zero attached hydrogens (tertiary/aromatic N) is 3. The summed E-state index contributed by atoms with van der Waals surface area (Å²) in [6.45, 7) is 1.10. The number of piperidine rings is 1. The highest BCUT2D eigenvalue weighted by molar-refractivity contribution is 7.99. The fraction of sp³-hybridized carbons (Fsp3) is 0.500. The third-order valence-corrected chi connectivity index (χ3v) is 9.83. The number of thioether (sulfide) groups is 1. The van der Waals surface area contributed by atoms with E-state index < -0.39 is 10.0 Å². The Morgan fingerprint density at radius 3 is 2.62 bits per heavy atom. The molecule has 32 heavy (non-hydrogen) atoms. The topological polar surface area (TPSA) is 103 Å². The molecule has 2 aliphatic rings. The van der Waals surface area contributed by atoms with Gasteiger partial charge in [-0.3, -0.25) is 4.79 Å². The van der Waals surface area contributed by atoms with Crippen molar-refractivity contribution in [1.82, 2.24) is 9.29 Å². The van der Waals surface area contributed by atoms with Crippen LogP contribution in [-0.2, 0) is 27.7 Å². The zero-order chi connectivity index (χ0) is 22.6. The number of aryl methyl sites for hydroxylation is 1. The van der Waals surface area contributed by atoms with Gasteiger partial charge in [-0.2, -0.15) is 9.57 Å². The van der Waals surface area contributed by atoms with Gasteiger partial charge in [0.25, 0.3) is 0 Å². The summed E-state index contributed by atoms with van der Waals surface area (Å²) in [5.74, 6) is -0.0618. The van der Waals surface area contributed by atoms with Crippen molar-refractivity contribution in [2.24, 2.45) is 0 Å². The molecule has 0 aromatic carbocycles. The lowest BCUT2D eigenvalue weighted by atomic mass is 10.1. The number of fused-ring (bicyclic) bond motifs is 1. The summed E-state index contributed by atoms with van der Waals surface area (Å²) in [5, 5.41) is 13.7. The first-order valence-corrected chi connectivity index (χ1v) is 14.2. The van der Waals surface area contributed by atoms with E-state index in [1.807, 2.05) is 0 Å². The summed E-state index contributed by atoms with van der Waals surface area (Å²) in [6, 6.07) is 5.47. The molecule has 2 aromatic heterocycles. The smallest absolute Gasteiger partial charge is 0.244 e. The zero-order valence-electron chi connectivity index (χ0n) is 17.8. The van der Waals surface area contributed by atoms with Gasteiger partial charge in [-0.25, -0.2) is 13.4 Å². The van der Waals surface area contributed by atoms with Gasteiger partial charge in [-0.05, 0) is 56.2 Å². The van der Waals surface area contributed by atoms with Crippen LogP contribution in [0.5, 0.6) is 0 Å². The number of nitrogens with one attached hydrogen (secondary N) is 1. The van der Waals surface area contributed by atoms with E-state index in [4.69, 9.17) is 0 Å². The number of thiophene rings is 1. The highest BCUT2D eigenvalue weighted by Gasteiger charge is 2.26. The fourth-order valence-electron chi connectivity index (χ4n) is 4.11. The zero-order valence-corrected chi connectivity index (χ0v) is 20.3. The van der Waals surface area contributed by atoms with Gasteiger partial charge in [-0.15, -0.1) is 11.3 Å². The maximum atomic E-state index is 12.7. The summed E-state index contributed by atoms with van der Waals surface area (Å²) in [7, 11) is -3.51. The SMILES string of the molecule is N#Cc1c(NC(=O)CSc2ccc(S(=O)(=O)N3CCCCC3)cn2)sc2c1CCCCC2. The highest BCUT2D eigenvalue weighted by atomic mass is 32.2. The van der Waals surface area contributed by atoms with Crippen molar-refractivity contribution in [3.05, 3.63) is 34.3 Å². The minimum atomic E-state index is -3.51. The molecule has 1 N–H and O–H groups in total. The third kappa shape index (κ3) is 5.17. The molecule has 4 rings (SSSR count). The second kappa shape index (κ2) is 10.3. The third-order valence-electron chi connectivity index (χ3n) is 5.80. The Bertz CT molecular complexity index is 1110. The lowest BCUT2D eigenvalue weighted by Crippen LogP contribution is -2.35. The average Bonchev–Trinajstić information content (AvgIpc) is 2.97. The molecule has 0 unspecified atom stereocenters. The molecular formula is C22H26N4O3S3. The Morgan fingerprint density at radius 1 is 1.16 bits per heavy atom. The predicted molar refractivity (Wildman–Crippen MR) is 126 cm³/mol. The van der Waals surface area contributed by atoms with Crippen LogP contribution in [0.15, 0.2) is 28.3 Å². The number of nitriles is 1. The van der Waals surface area contributed by atoms with E-state index in [1.54, 1.807) is 12.1 Å². The average molecular weight is 491 g/mol. The second-order valence-corrected chi connectivity index (χ2v) is 12.1. The van der Waals surface area contributed by atoms with E-state index in [-0.39, 0.29) is 16.6 Å². The van der Waals surface area contributed by atoms with E-state index in [1.165, 1.54) is 44.9 Å². The quantitative estimate of drug-likeness (QED) is 0.481. The maximum Gasteiger partial charge on any atom is 0.244 e. The molecule has 7 nitrogen and oxygen atoms in total. The van der Waals surface area contributed by atoms with Gasteiger partial charge < -0.3 is 5.32 Å². The Kier molecular flexibility index (Phi) is 7.51. The molecule has 0 saturated carbocycles. The van der Waals surface area contributed by atoms with Crippen molar-refractivity contribution < 1.29 is 13.2 Å². The normalized spacial score (nSPS) is 17.2. The van der Waals surface area contributed by atoms with E-state index in [9.17, 15) is 18.5 Å². The van der Waals surface area contributed by atoms with E-state index in [0.29, 0.717) is 28.7 Å². The molecule has 1 aliphatic heterocycles. The Hall–Kier alpha value is -1.93. The minimum Gasteiger partial charge on any atom is -0.316 e. The summed E-state index contributed by atoms with van der Waals surface area (Å²) in [5.41, 5.74) is 1.71. The molecule has 0 spiro atoms. The second-order valence-electron chi connectivity index (χ2n) is 8.01. The summed E-state index contributed by atoms with van der Waals surface area (Å²) < 4.78 is 27.0. The molecule has 170 valence electrons. The molecule has 1 amide bonds. The van der Waals surface area contributed by atoms with Gasteiger partial charge in [0.05, 0.1) is 16.3 Å². The van der Waals surface area contributed by atoms with Gasteiger partial charge >= 0.3 is 0 Å². The van der Waals surface area contributed by atoms with Crippen LogP contribution in [0.2, 0.25) is 0 Å². The molecule has 0 radical (unpaired) electrons. The summed E-state index contributed by atoms with van der Waals surface area (Å²) in [6.07, 6.45) is 9.45. The Balaban J connectivity index is 1.36. The van der Waals surface area contributed by atoms with Crippen LogP contribution in [0.25, 0.3) is 0 Å². The van der Waals surface area contributed by atoms with E-state index in [0.717, 1.165) is 50.5 Å². The largest absolute Gasteiger partial charge is 0.316 e. The van der Waals surface area contributed by atoms with Crippen molar-refractivity contribution in [2.45, 2.75) is 61.3 Å². The number of carbonyl (C=O) groups is 1. The number of amides is 1. The van der Waals surface area contributed by atoms with Crippen molar-refractivity contribution in [3.63, 3.8) is 0 Å². The maximum absolute atomic E-state index is 12.7. The van der Waals surface area contributed by atoms with Crippen LogP contribution in [0, 0.1) is 11.3 Å². The molecule has 0 atom stereocenters. The van der Waals surface area contributed by atoms with Gasteiger partial charge in [0.15, 0.2) is 0 Å². The fourth-order valence-corrected chi connectivity index (χ4v) is 7.47. The first-order valence-electron chi connectivity index (χ1n) is 10.9. The number of carbonyl (C=O) groups excluding carboxylic acids is 1. The van der Waals surface area contributed by atoms with E-state index in [2.05, 4.69) is 16.4 Å². The Morgan fingerprint density at radius 2 is 1.91 bits per heavy atom. The molecule has 10 heteroatoms. The van der Waals surface area contributed by atoms with Gasteiger partial charge in [0.1, 0.15) is 16.0 Å². The van der Waals surface area contributed by atoms with E-state index >= 15 is 0 Å². The van der Waals surface area contributed by atoms with Crippen molar-refractivity contribution in [2.75, 3.05) is 24.2 Å². The number of hydrogen-bond donors (Lipinski definition) is 1. The lowest BCUT2D eigenvalue weighted by Gasteiger charge is -2.25. The number of aromatic nitrogens is 1. The van der Waals surface area contributed by atoms with Crippen LogP contribution >= 0.6 is 23.1 Å². The van der Waals surface area contributed by atoms with Crippen molar-refractivity contribution >= 4 is 44.0 Å². The monoisotopic (exact) mass is 490 g/mol. The first kappa shape index (κ1) is 23.2. The standard InChI is InChI=1S/C22H26N4O3S3/c23-13-18-17-7-3-1-4-8-19(17)31-22(18)25-20(27)15-30-21-10-9-16(14-24-21)32(28,29)26-11-5-2-6-12-26/h9-10,14H,1-8,11-12,15H2,(H,25,27). The number of rotatable bonds is 6. The Labute approximate surface area is 197 Å². The van der Waals surface area contributed by atoms with Crippen LogP contribution in [0.4, 0.5) is 5.00 Å². The van der Waals surface area contributed by atoms with Crippen LogP contribution in [0.1, 0.15) is 54.5 Å². The molecule has 3 heterocycles. The molecule has 1 fully saturated rings. The summed E-state index contributed by atoms with van der Waals surface area (Å²) in [4.78, 5) is 18.1. The number of hydrogen-bond acceptors (Lipinski definition) is 7. The molecule has 0 bridgehead atoms. The minimum absolute atomic E-state index is 0.138. The molecule has 1 aliphatic carbocycles. The lowest BCUT2D eigenvalue weighted by molar-refractivity contribution is -0.113. The number of pyridine rings is 1. The summed E-state index contributed by atoms with van der Waals surface area (Å²) >= 11 is 2.76. The van der Waals surface area contributed by atoms with Gasteiger partial charge in [0, 0.05) is 24.2 Å². The first-order chi connectivity index (χ1) is 15.5. The number of anilines is 1. The molecule has 2 aromatic rings.